The molecule has 1 aliphatic heterocycles. The summed E-state index contributed by atoms with van der Waals surface area (Å²) in [7, 11) is 0. The summed E-state index contributed by atoms with van der Waals surface area (Å²) in [5.41, 5.74) is 0. The second-order valence-corrected chi connectivity index (χ2v) is 8.91. The molecule has 0 spiro atoms. The van der Waals surface area contributed by atoms with Gasteiger partial charge in [0.2, 0.25) is 0 Å². The zero-order chi connectivity index (χ0) is 18.1. The highest BCUT2D eigenvalue weighted by molar-refractivity contribution is 8.26. The quantitative estimate of drug-likeness (QED) is 0.554. The maximum Gasteiger partial charge on any atom is 0.326 e. The summed E-state index contributed by atoms with van der Waals surface area (Å²) in [5.74, 6) is 1.91. The van der Waals surface area contributed by atoms with Crippen LogP contribution in [0.3, 0.4) is 0 Å². The molecule has 2 fully saturated rings. The van der Waals surface area contributed by atoms with Crippen molar-refractivity contribution in [1.82, 2.24) is 4.90 Å². The minimum Gasteiger partial charge on any atom is -0.480 e. The van der Waals surface area contributed by atoms with E-state index in [-0.39, 0.29) is 10.2 Å². The monoisotopic (exact) mass is 397 g/mol. The number of amides is 1. The second kappa shape index (κ2) is 7.55. The number of carbonyl (C=O) groups is 2. The molecule has 0 radical (unpaired) electrons. The lowest BCUT2D eigenvalue weighted by Gasteiger charge is -2.22. The van der Waals surface area contributed by atoms with E-state index in [2.05, 4.69) is 6.92 Å². The van der Waals surface area contributed by atoms with E-state index >= 15 is 0 Å². The number of thiocarbonyl (C=S) groups is 1. The predicted molar refractivity (Wildman–Crippen MR) is 105 cm³/mol. The summed E-state index contributed by atoms with van der Waals surface area (Å²) in [6, 6.07) is 2.86. The van der Waals surface area contributed by atoms with Crippen LogP contribution in [0.15, 0.2) is 21.5 Å². The normalized spacial score (nSPS) is 25.7. The summed E-state index contributed by atoms with van der Waals surface area (Å²) >= 11 is 7.93. The molecule has 2 aliphatic rings. The molecule has 1 saturated carbocycles. The van der Waals surface area contributed by atoms with Crippen molar-refractivity contribution in [3.63, 3.8) is 0 Å². The van der Waals surface area contributed by atoms with Gasteiger partial charge in [0.25, 0.3) is 5.91 Å². The first kappa shape index (κ1) is 18.5. The first-order valence-electron chi connectivity index (χ1n) is 8.01. The molecule has 5 nitrogen and oxygen atoms in total. The molecule has 1 amide bonds. The Balaban J connectivity index is 1.77. The average Bonchev–Trinajstić information content (AvgIpc) is 3.00. The Bertz CT molecular complexity index is 742. The van der Waals surface area contributed by atoms with E-state index in [0.717, 1.165) is 23.9 Å². The molecular formula is C17H19NO4S3. The summed E-state index contributed by atoms with van der Waals surface area (Å²) < 4.78 is 6.09. The van der Waals surface area contributed by atoms with Gasteiger partial charge in [0.05, 0.1) is 4.91 Å². The van der Waals surface area contributed by atoms with E-state index < -0.39 is 12.0 Å². The molecule has 1 aromatic rings. The Morgan fingerprint density at radius 1 is 1.60 bits per heavy atom. The average molecular weight is 398 g/mol. The third-order valence-corrected chi connectivity index (χ3v) is 6.39. The molecule has 0 bridgehead atoms. The van der Waals surface area contributed by atoms with Crippen LogP contribution in [0.5, 0.6) is 0 Å². The van der Waals surface area contributed by atoms with E-state index in [1.165, 1.54) is 4.90 Å². The van der Waals surface area contributed by atoms with Gasteiger partial charge in [0, 0.05) is 12.0 Å². The molecular weight excluding hydrogens is 378 g/mol. The number of hydrogen-bond acceptors (Lipinski definition) is 6. The first-order valence-corrected chi connectivity index (χ1v) is 10.6. The van der Waals surface area contributed by atoms with Crippen molar-refractivity contribution in [1.29, 1.82) is 0 Å². The second-order valence-electron chi connectivity index (χ2n) is 6.25. The van der Waals surface area contributed by atoms with E-state index in [9.17, 15) is 14.7 Å². The van der Waals surface area contributed by atoms with Crippen LogP contribution in [0, 0.1) is 5.92 Å². The van der Waals surface area contributed by atoms with Gasteiger partial charge in [-0.1, -0.05) is 30.9 Å². The van der Waals surface area contributed by atoms with Crippen LogP contribution in [0.1, 0.15) is 37.2 Å². The largest absolute Gasteiger partial charge is 0.480 e. The Kier molecular flexibility index (Phi) is 5.60. The van der Waals surface area contributed by atoms with Gasteiger partial charge in [-0.05, 0) is 42.9 Å². The van der Waals surface area contributed by atoms with Gasteiger partial charge in [0.1, 0.15) is 21.9 Å². The van der Waals surface area contributed by atoms with Crippen LogP contribution in [0.25, 0.3) is 6.08 Å². The van der Waals surface area contributed by atoms with Crippen LogP contribution in [-0.4, -0.2) is 44.3 Å². The molecule has 1 N–H and O–H groups in total. The third-order valence-electron chi connectivity index (χ3n) is 4.41. The number of carboxylic acids is 1. The molecule has 134 valence electrons. The van der Waals surface area contributed by atoms with Gasteiger partial charge < -0.3 is 9.52 Å². The highest BCUT2D eigenvalue weighted by atomic mass is 32.2. The lowest BCUT2D eigenvalue weighted by Crippen LogP contribution is -2.44. The minimum atomic E-state index is -1.03. The number of thioether (sulfide) groups is 2. The van der Waals surface area contributed by atoms with Crippen molar-refractivity contribution in [2.45, 2.75) is 31.7 Å². The number of rotatable bonds is 7. The topological polar surface area (TPSA) is 70.8 Å². The molecule has 8 heteroatoms. The Hall–Kier alpha value is -1.25. The Morgan fingerprint density at radius 2 is 2.32 bits per heavy atom. The summed E-state index contributed by atoms with van der Waals surface area (Å²) in [6.45, 7) is 2.18. The number of nitrogens with zero attached hydrogens (tertiary/aromatic N) is 1. The minimum absolute atomic E-state index is 0.285. The highest BCUT2D eigenvalue weighted by Gasteiger charge is 2.40. The lowest BCUT2D eigenvalue weighted by atomic mass is 10.2. The summed E-state index contributed by atoms with van der Waals surface area (Å²) in [4.78, 5) is 25.9. The first-order chi connectivity index (χ1) is 11.9. The van der Waals surface area contributed by atoms with Crippen molar-refractivity contribution in [2.24, 2.45) is 5.92 Å². The number of carbonyl (C=O) groups excluding carboxylic acids is 1. The van der Waals surface area contributed by atoms with Gasteiger partial charge in [-0.25, -0.2) is 4.79 Å². The van der Waals surface area contributed by atoms with E-state index in [1.54, 1.807) is 17.8 Å². The smallest absolute Gasteiger partial charge is 0.326 e. The molecule has 3 rings (SSSR count). The lowest BCUT2D eigenvalue weighted by molar-refractivity contribution is -0.145. The van der Waals surface area contributed by atoms with Gasteiger partial charge in [-0.2, -0.15) is 11.8 Å². The van der Waals surface area contributed by atoms with E-state index in [0.29, 0.717) is 34.7 Å². The zero-order valence-corrected chi connectivity index (χ0v) is 16.4. The number of aliphatic carboxylic acids is 1. The Labute approximate surface area is 160 Å². The Morgan fingerprint density at radius 3 is 2.92 bits per heavy atom. The maximum absolute atomic E-state index is 12.7. The molecule has 0 unspecified atom stereocenters. The van der Waals surface area contributed by atoms with Crippen molar-refractivity contribution < 1.29 is 19.1 Å². The molecule has 0 aromatic carbocycles. The molecule has 1 aliphatic carbocycles. The molecule has 1 aromatic heterocycles. The number of hydrogen-bond donors (Lipinski definition) is 1. The number of furan rings is 1. The fraction of sp³-hybridized carbons (Fsp3) is 0.471. The third kappa shape index (κ3) is 3.96. The van der Waals surface area contributed by atoms with Gasteiger partial charge in [0.15, 0.2) is 0 Å². The van der Waals surface area contributed by atoms with Crippen LogP contribution in [-0.2, 0) is 9.59 Å². The zero-order valence-electron chi connectivity index (χ0n) is 13.9. The van der Waals surface area contributed by atoms with E-state index in [4.69, 9.17) is 16.6 Å². The summed E-state index contributed by atoms with van der Waals surface area (Å²) in [5, 5.41) is 9.46. The molecule has 1 saturated heterocycles. The SMILES string of the molecule is CSCC[C@@H](C(=O)O)N1C(=O)/C(=C/c2ccc([C@@H]3C[C@@H]3C)o2)SC1=S. The molecule has 3 atom stereocenters. The van der Waals surface area contributed by atoms with Crippen LogP contribution >= 0.6 is 35.7 Å². The fourth-order valence-electron chi connectivity index (χ4n) is 2.83. The highest BCUT2D eigenvalue weighted by Crippen LogP contribution is 2.47. The molecule has 2 heterocycles. The van der Waals surface area contributed by atoms with Gasteiger partial charge >= 0.3 is 5.97 Å². The van der Waals surface area contributed by atoms with E-state index in [1.807, 2.05) is 18.4 Å². The fourth-order valence-corrected chi connectivity index (χ4v) is 4.63. The van der Waals surface area contributed by atoms with Crippen molar-refractivity contribution in [3.8, 4) is 0 Å². The summed E-state index contributed by atoms with van der Waals surface area (Å²) in [6.07, 6.45) is 5.05. The van der Waals surface area contributed by atoms with Crippen molar-refractivity contribution in [2.75, 3.05) is 12.0 Å². The van der Waals surface area contributed by atoms with Crippen LogP contribution < -0.4 is 0 Å². The molecule has 25 heavy (non-hydrogen) atoms. The van der Waals surface area contributed by atoms with Gasteiger partial charge in [-0.3, -0.25) is 9.69 Å². The standard InChI is InChI=1S/C17H19NO4S3/c1-9-7-11(9)13-4-3-10(22-13)8-14-15(19)18(17(23)25-14)12(16(20)21)5-6-24-2/h3-4,8-9,11-12H,5-7H2,1-2H3,(H,20,21)/b14-8-/t9-,11+,12-/m0/s1. The maximum atomic E-state index is 12.7. The van der Waals surface area contributed by atoms with Gasteiger partial charge in [-0.15, -0.1) is 0 Å². The predicted octanol–water partition coefficient (Wildman–Crippen LogP) is 3.81. The van der Waals surface area contributed by atoms with Crippen molar-refractivity contribution in [3.05, 3.63) is 28.6 Å². The van der Waals surface area contributed by atoms with Crippen LogP contribution in [0.2, 0.25) is 0 Å². The van der Waals surface area contributed by atoms with Crippen LogP contribution in [0.4, 0.5) is 0 Å². The number of carboxylic acid groups (broad SMARTS) is 1. The van der Waals surface area contributed by atoms with Crippen molar-refractivity contribution >= 4 is 58.0 Å².